The zero-order valence-electron chi connectivity index (χ0n) is 15.5. The highest BCUT2D eigenvalue weighted by atomic mass is 35.5. The van der Waals surface area contributed by atoms with E-state index in [0.717, 1.165) is 52.1 Å². The molecule has 0 radical (unpaired) electrons. The van der Waals surface area contributed by atoms with Crippen LogP contribution in [0.1, 0.15) is 25.2 Å². The van der Waals surface area contributed by atoms with Crippen LogP contribution in [0.5, 0.6) is 0 Å². The summed E-state index contributed by atoms with van der Waals surface area (Å²) in [6.07, 6.45) is 0.461. The van der Waals surface area contributed by atoms with Gasteiger partial charge in [-0.05, 0) is 49.7 Å². The van der Waals surface area contributed by atoms with E-state index in [0.29, 0.717) is 6.54 Å². The van der Waals surface area contributed by atoms with E-state index < -0.39 is 0 Å². The Hall–Kier alpha value is -1.59. The molecule has 0 amide bonds. The van der Waals surface area contributed by atoms with Gasteiger partial charge in [0.25, 0.3) is 0 Å². The first-order valence-electron chi connectivity index (χ1n) is 9.25. The lowest BCUT2D eigenvalue weighted by Crippen LogP contribution is -2.45. The molecule has 2 aromatic carbocycles. The second-order valence-corrected chi connectivity index (χ2v) is 8.20. The van der Waals surface area contributed by atoms with Gasteiger partial charge in [0.15, 0.2) is 0 Å². The van der Waals surface area contributed by atoms with E-state index in [-0.39, 0.29) is 12.2 Å². The van der Waals surface area contributed by atoms with Crippen molar-refractivity contribution in [3.63, 3.8) is 0 Å². The van der Waals surface area contributed by atoms with E-state index in [1.54, 1.807) is 0 Å². The minimum atomic E-state index is 0.231. The highest BCUT2D eigenvalue weighted by molar-refractivity contribution is 6.31. The molecule has 1 fully saturated rings. The lowest BCUT2D eigenvalue weighted by Gasteiger charge is -2.35. The van der Waals surface area contributed by atoms with Gasteiger partial charge in [-0.15, -0.1) is 0 Å². The van der Waals surface area contributed by atoms with E-state index in [1.165, 1.54) is 0 Å². The molecule has 1 aromatic heterocycles. The molecule has 0 saturated carbocycles. The van der Waals surface area contributed by atoms with Gasteiger partial charge in [-0.2, -0.15) is 0 Å². The van der Waals surface area contributed by atoms with Crippen molar-refractivity contribution in [1.82, 2.24) is 14.5 Å². The topological polar surface area (TPSA) is 30.3 Å². The summed E-state index contributed by atoms with van der Waals surface area (Å²) in [5.41, 5.74) is 3.16. The molecule has 1 aliphatic heterocycles. The Morgan fingerprint density at radius 1 is 1.00 bits per heavy atom. The highest BCUT2D eigenvalue weighted by Crippen LogP contribution is 2.24. The molecule has 0 bridgehead atoms. The highest BCUT2D eigenvalue weighted by Gasteiger charge is 2.24. The number of ether oxygens (including phenoxy) is 1. The first kappa shape index (κ1) is 18.8. The first-order chi connectivity index (χ1) is 13.0. The molecular weight excluding hydrogens is 381 g/mol. The lowest BCUT2D eigenvalue weighted by molar-refractivity contribution is -0.0712. The second kappa shape index (κ2) is 7.80. The average Bonchev–Trinajstić information content (AvgIpc) is 2.91. The Labute approximate surface area is 169 Å². The normalized spacial score (nSPS) is 21.0. The number of nitrogens with zero attached hydrogens (tertiary/aromatic N) is 3. The minimum Gasteiger partial charge on any atom is -0.373 e. The standard InChI is InChI=1S/C21H23Cl2N3O/c1-14-10-25(11-15(2)27-14)13-21-24-19-7-6-18(23)9-20(19)26(21)12-16-4-3-5-17(22)8-16/h3-9,14-15H,10-13H2,1-2H3. The number of fused-ring (bicyclic) bond motifs is 1. The van der Waals surface area contributed by atoms with Crippen LogP contribution < -0.4 is 0 Å². The van der Waals surface area contributed by atoms with Crippen LogP contribution in [0.3, 0.4) is 0 Å². The molecule has 4 nitrogen and oxygen atoms in total. The van der Waals surface area contributed by atoms with Crippen LogP contribution in [-0.4, -0.2) is 39.7 Å². The van der Waals surface area contributed by atoms with Crippen molar-refractivity contribution in [2.45, 2.75) is 39.1 Å². The van der Waals surface area contributed by atoms with Gasteiger partial charge in [-0.25, -0.2) is 4.98 Å². The molecule has 2 heterocycles. The van der Waals surface area contributed by atoms with Crippen LogP contribution in [0.4, 0.5) is 0 Å². The van der Waals surface area contributed by atoms with Crippen LogP contribution in [0.2, 0.25) is 10.0 Å². The minimum absolute atomic E-state index is 0.231. The third kappa shape index (κ3) is 4.30. The molecule has 142 valence electrons. The first-order valence-corrected chi connectivity index (χ1v) is 10.0. The summed E-state index contributed by atoms with van der Waals surface area (Å²) in [5.74, 6) is 1.04. The molecule has 0 N–H and O–H groups in total. The number of rotatable bonds is 4. The number of aromatic nitrogens is 2. The molecule has 0 aliphatic carbocycles. The average molecular weight is 404 g/mol. The molecule has 3 aromatic rings. The largest absolute Gasteiger partial charge is 0.373 e. The van der Waals surface area contributed by atoms with Crippen molar-refractivity contribution in [2.75, 3.05) is 13.1 Å². The molecule has 2 atom stereocenters. The summed E-state index contributed by atoms with van der Waals surface area (Å²) in [5, 5.41) is 1.46. The van der Waals surface area contributed by atoms with Crippen molar-refractivity contribution in [1.29, 1.82) is 0 Å². The summed E-state index contributed by atoms with van der Waals surface area (Å²) < 4.78 is 8.11. The van der Waals surface area contributed by atoms with Gasteiger partial charge in [0.2, 0.25) is 0 Å². The number of morpholine rings is 1. The SMILES string of the molecule is CC1CN(Cc2nc3ccc(Cl)cc3n2Cc2cccc(Cl)c2)CC(C)O1. The lowest BCUT2D eigenvalue weighted by atomic mass is 10.2. The number of hydrogen-bond donors (Lipinski definition) is 0. The summed E-state index contributed by atoms with van der Waals surface area (Å²) in [6, 6.07) is 13.8. The van der Waals surface area contributed by atoms with E-state index in [9.17, 15) is 0 Å². The van der Waals surface area contributed by atoms with Crippen molar-refractivity contribution < 1.29 is 4.74 Å². The van der Waals surface area contributed by atoms with E-state index in [2.05, 4.69) is 29.4 Å². The van der Waals surface area contributed by atoms with Crippen LogP contribution in [-0.2, 0) is 17.8 Å². The van der Waals surface area contributed by atoms with Crippen LogP contribution in [0.15, 0.2) is 42.5 Å². The van der Waals surface area contributed by atoms with Crippen molar-refractivity contribution >= 4 is 34.2 Å². The number of halogens is 2. The fourth-order valence-corrected chi connectivity index (χ4v) is 4.25. The van der Waals surface area contributed by atoms with Gasteiger partial charge >= 0.3 is 0 Å². The zero-order valence-corrected chi connectivity index (χ0v) is 17.0. The van der Waals surface area contributed by atoms with Crippen molar-refractivity contribution in [2.24, 2.45) is 0 Å². The summed E-state index contributed by atoms with van der Waals surface area (Å²) in [4.78, 5) is 7.32. The van der Waals surface area contributed by atoms with Crippen LogP contribution >= 0.6 is 23.2 Å². The fourth-order valence-electron chi connectivity index (χ4n) is 3.87. The third-order valence-electron chi connectivity index (χ3n) is 4.88. The Morgan fingerprint density at radius 3 is 2.48 bits per heavy atom. The Kier molecular flexibility index (Phi) is 5.42. The number of hydrogen-bond acceptors (Lipinski definition) is 3. The quantitative estimate of drug-likeness (QED) is 0.613. The zero-order chi connectivity index (χ0) is 19.0. The van der Waals surface area contributed by atoms with Gasteiger partial charge in [-0.3, -0.25) is 4.90 Å². The summed E-state index contributed by atoms with van der Waals surface area (Å²) in [6.45, 7) is 7.55. The van der Waals surface area contributed by atoms with E-state index >= 15 is 0 Å². The molecule has 27 heavy (non-hydrogen) atoms. The van der Waals surface area contributed by atoms with E-state index in [4.69, 9.17) is 32.9 Å². The molecule has 1 saturated heterocycles. The molecule has 4 rings (SSSR count). The molecule has 6 heteroatoms. The van der Waals surface area contributed by atoms with E-state index in [1.807, 2.05) is 36.4 Å². The van der Waals surface area contributed by atoms with Crippen molar-refractivity contribution in [3.8, 4) is 0 Å². The third-order valence-corrected chi connectivity index (χ3v) is 5.35. The smallest absolute Gasteiger partial charge is 0.124 e. The van der Waals surface area contributed by atoms with Gasteiger partial charge in [-0.1, -0.05) is 35.3 Å². The summed E-state index contributed by atoms with van der Waals surface area (Å²) >= 11 is 12.5. The monoisotopic (exact) mass is 403 g/mol. The maximum Gasteiger partial charge on any atom is 0.124 e. The van der Waals surface area contributed by atoms with Gasteiger partial charge in [0.1, 0.15) is 5.82 Å². The van der Waals surface area contributed by atoms with Crippen LogP contribution in [0, 0.1) is 0 Å². The predicted molar refractivity (Wildman–Crippen MR) is 111 cm³/mol. The Balaban J connectivity index is 1.70. The molecule has 2 unspecified atom stereocenters. The van der Waals surface area contributed by atoms with Gasteiger partial charge in [0, 0.05) is 29.7 Å². The summed E-state index contributed by atoms with van der Waals surface area (Å²) in [7, 11) is 0. The number of benzene rings is 2. The Bertz CT molecular complexity index is 946. The molecular formula is C21H23Cl2N3O. The van der Waals surface area contributed by atoms with Crippen LogP contribution in [0.25, 0.3) is 11.0 Å². The fraction of sp³-hybridized carbons (Fsp3) is 0.381. The molecule has 0 spiro atoms. The van der Waals surface area contributed by atoms with Gasteiger partial charge in [0.05, 0.1) is 29.8 Å². The van der Waals surface area contributed by atoms with Crippen molar-refractivity contribution in [3.05, 3.63) is 63.9 Å². The predicted octanol–water partition coefficient (Wildman–Crippen LogP) is 5.00. The maximum absolute atomic E-state index is 6.27. The second-order valence-electron chi connectivity index (χ2n) is 7.33. The van der Waals surface area contributed by atoms with Gasteiger partial charge < -0.3 is 9.30 Å². The number of imidazole rings is 1. The Morgan fingerprint density at radius 2 is 1.74 bits per heavy atom. The maximum atomic E-state index is 6.27. The molecule has 1 aliphatic rings.